The molecule has 0 bridgehead atoms. The summed E-state index contributed by atoms with van der Waals surface area (Å²) < 4.78 is 11.6. The quantitative estimate of drug-likeness (QED) is 0.419. The first-order valence-corrected chi connectivity index (χ1v) is 2.46. The predicted molar refractivity (Wildman–Crippen MR) is 33.3 cm³/mol. The van der Waals surface area contributed by atoms with Crippen LogP contribution in [-0.2, 0) is 0 Å². The smallest absolute Gasteiger partial charge is 0.402 e. The zero-order valence-electron chi connectivity index (χ0n) is 5.05. The van der Waals surface area contributed by atoms with Crippen LogP contribution in [-0.4, -0.2) is 27.2 Å². The van der Waals surface area contributed by atoms with Gasteiger partial charge in [0, 0.05) is 12.4 Å². The van der Waals surface area contributed by atoms with E-state index in [-0.39, 0.29) is 0 Å². The number of hydrogen-bond donors (Lipinski definition) is 3. The van der Waals surface area contributed by atoms with Crippen LogP contribution in [0.25, 0.3) is 0 Å². The van der Waals surface area contributed by atoms with Crippen LogP contribution < -0.4 is 0 Å². The second kappa shape index (κ2) is 4.98. The Labute approximate surface area is 57.3 Å². The minimum atomic E-state index is -2.17. The molecule has 0 unspecified atom stereocenters. The van der Waals surface area contributed by atoms with Crippen molar-refractivity contribution < 1.29 is 19.6 Å². The maximum atomic E-state index is 11.6. The summed E-state index contributed by atoms with van der Waals surface area (Å²) in [6, 6.07) is 3.25. The molecule has 3 N–H and O–H groups in total. The molecule has 1 heterocycles. The molecule has 0 aliphatic heterocycles. The van der Waals surface area contributed by atoms with Crippen molar-refractivity contribution in [3.05, 3.63) is 24.5 Å². The molecule has 1 aromatic rings. The SMILES string of the molecule is Fn1cccc1.OB(O)O. The summed E-state index contributed by atoms with van der Waals surface area (Å²) in [5.74, 6) is 0. The minimum Gasteiger partial charge on any atom is -0.402 e. The molecule has 0 radical (unpaired) electrons. The third-order valence-corrected chi connectivity index (χ3v) is 0.568. The summed E-state index contributed by atoms with van der Waals surface area (Å²) in [6.45, 7) is 0. The monoisotopic (exact) mass is 147 g/mol. The van der Waals surface area contributed by atoms with E-state index in [2.05, 4.69) is 0 Å². The Morgan fingerprint density at radius 1 is 1.10 bits per heavy atom. The van der Waals surface area contributed by atoms with Gasteiger partial charge >= 0.3 is 7.32 Å². The van der Waals surface area contributed by atoms with Gasteiger partial charge in [0.15, 0.2) is 0 Å². The lowest BCUT2D eigenvalue weighted by Crippen LogP contribution is -2.07. The molecular formula is C4H7BFNO3. The molecule has 10 heavy (non-hydrogen) atoms. The molecule has 0 aromatic carbocycles. The van der Waals surface area contributed by atoms with Gasteiger partial charge in [0.25, 0.3) is 0 Å². The third kappa shape index (κ3) is 7.15. The number of nitrogens with zero attached hydrogens (tertiary/aromatic N) is 1. The summed E-state index contributed by atoms with van der Waals surface area (Å²) in [5, 5.41) is 21.5. The topological polar surface area (TPSA) is 65.6 Å². The van der Waals surface area contributed by atoms with Crippen LogP contribution in [0, 0.1) is 0 Å². The fraction of sp³-hybridized carbons (Fsp3) is 0. The lowest BCUT2D eigenvalue weighted by molar-refractivity contribution is 0.278. The van der Waals surface area contributed by atoms with Gasteiger partial charge in [-0.3, -0.25) is 0 Å². The normalized spacial score (nSPS) is 8.00. The number of halogens is 1. The summed E-state index contributed by atoms with van der Waals surface area (Å²) in [5.41, 5.74) is 0. The molecule has 0 fully saturated rings. The average Bonchev–Trinajstić information content (AvgIpc) is 2.15. The van der Waals surface area contributed by atoms with Gasteiger partial charge in [0.05, 0.1) is 0 Å². The average molecular weight is 147 g/mol. The molecule has 0 saturated heterocycles. The van der Waals surface area contributed by atoms with Crippen molar-refractivity contribution in [2.24, 2.45) is 0 Å². The molecule has 0 atom stereocenters. The Kier molecular flexibility index (Phi) is 4.56. The molecule has 6 heteroatoms. The van der Waals surface area contributed by atoms with Gasteiger partial charge in [-0.1, -0.05) is 4.48 Å². The van der Waals surface area contributed by atoms with Crippen molar-refractivity contribution in [3.8, 4) is 0 Å². The van der Waals surface area contributed by atoms with Crippen LogP contribution in [0.1, 0.15) is 0 Å². The molecule has 1 rings (SSSR count). The van der Waals surface area contributed by atoms with Gasteiger partial charge in [-0.15, -0.1) is 0 Å². The molecule has 56 valence electrons. The first-order valence-electron chi connectivity index (χ1n) is 2.46. The van der Waals surface area contributed by atoms with Crippen molar-refractivity contribution in [3.63, 3.8) is 0 Å². The molecule has 0 aliphatic carbocycles. The van der Waals surface area contributed by atoms with Crippen molar-refractivity contribution in [2.45, 2.75) is 0 Å². The van der Waals surface area contributed by atoms with Gasteiger partial charge in [0.2, 0.25) is 0 Å². The van der Waals surface area contributed by atoms with E-state index in [0.29, 0.717) is 4.79 Å². The lowest BCUT2D eigenvalue weighted by atomic mass is 10.3. The standard InChI is InChI=1S/C4H4FN.BH3O3/c5-6-3-1-2-4-6;2-1(3)4/h1-4H;2-4H. The highest BCUT2D eigenvalue weighted by molar-refractivity contribution is 6.30. The molecule has 4 nitrogen and oxygen atoms in total. The summed E-state index contributed by atoms with van der Waals surface area (Å²) in [4.78, 5) is 0.500. The van der Waals surface area contributed by atoms with Crippen LogP contribution in [0.5, 0.6) is 0 Å². The molecular weight excluding hydrogens is 140 g/mol. The zero-order chi connectivity index (χ0) is 7.98. The maximum absolute atomic E-state index is 11.6. The number of hydrogen-bond acceptors (Lipinski definition) is 3. The molecule has 1 aromatic heterocycles. The largest absolute Gasteiger partial charge is 0.631 e. The maximum Gasteiger partial charge on any atom is 0.631 e. The highest BCUT2D eigenvalue weighted by atomic mass is 19.2. The first-order chi connectivity index (χ1) is 4.63. The highest BCUT2D eigenvalue weighted by Crippen LogP contribution is 1.84. The van der Waals surface area contributed by atoms with Gasteiger partial charge in [-0.2, -0.15) is 4.79 Å². The number of aromatic nitrogens is 1. The van der Waals surface area contributed by atoms with E-state index in [1.165, 1.54) is 12.4 Å². The fourth-order valence-electron chi connectivity index (χ4n) is 0.314. The molecule has 0 aliphatic rings. The van der Waals surface area contributed by atoms with Gasteiger partial charge in [0.1, 0.15) is 0 Å². The Balaban J connectivity index is 0.000000180. The van der Waals surface area contributed by atoms with Crippen LogP contribution in [0.15, 0.2) is 24.5 Å². The van der Waals surface area contributed by atoms with E-state index >= 15 is 0 Å². The van der Waals surface area contributed by atoms with E-state index in [9.17, 15) is 4.48 Å². The van der Waals surface area contributed by atoms with Crippen molar-refractivity contribution in [2.75, 3.05) is 0 Å². The van der Waals surface area contributed by atoms with E-state index in [0.717, 1.165) is 0 Å². The van der Waals surface area contributed by atoms with Crippen molar-refractivity contribution >= 4 is 7.32 Å². The minimum absolute atomic E-state index is 0.500. The summed E-state index contributed by atoms with van der Waals surface area (Å²) in [6.07, 6.45) is 2.67. The Hall–Kier alpha value is -0.845. The zero-order valence-corrected chi connectivity index (χ0v) is 5.05. The summed E-state index contributed by atoms with van der Waals surface area (Å²) in [7, 11) is -2.17. The molecule has 0 saturated carbocycles. The Morgan fingerprint density at radius 2 is 1.40 bits per heavy atom. The van der Waals surface area contributed by atoms with E-state index in [1.54, 1.807) is 12.1 Å². The van der Waals surface area contributed by atoms with Gasteiger partial charge < -0.3 is 15.1 Å². The predicted octanol–water partition coefficient (Wildman–Crippen LogP) is -0.831. The van der Waals surface area contributed by atoms with Crippen LogP contribution in [0.2, 0.25) is 0 Å². The second-order valence-corrected chi connectivity index (χ2v) is 1.37. The lowest BCUT2D eigenvalue weighted by Gasteiger charge is -1.71. The Morgan fingerprint density at radius 3 is 1.50 bits per heavy atom. The van der Waals surface area contributed by atoms with Crippen LogP contribution in [0.4, 0.5) is 4.48 Å². The van der Waals surface area contributed by atoms with Crippen LogP contribution >= 0.6 is 0 Å². The number of rotatable bonds is 0. The van der Waals surface area contributed by atoms with E-state index in [1.807, 2.05) is 0 Å². The van der Waals surface area contributed by atoms with Crippen molar-refractivity contribution in [1.29, 1.82) is 0 Å². The first kappa shape index (κ1) is 9.15. The third-order valence-electron chi connectivity index (χ3n) is 0.568. The van der Waals surface area contributed by atoms with E-state index < -0.39 is 7.32 Å². The van der Waals surface area contributed by atoms with Gasteiger partial charge in [-0.05, 0) is 12.1 Å². The fourth-order valence-corrected chi connectivity index (χ4v) is 0.314. The second-order valence-electron chi connectivity index (χ2n) is 1.37. The van der Waals surface area contributed by atoms with Crippen LogP contribution in [0.3, 0.4) is 0 Å². The summed E-state index contributed by atoms with van der Waals surface area (Å²) >= 11 is 0. The van der Waals surface area contributed by atoms with Crippen molar-refractivity contribution in [1.82, 2.24) is 4.79 Å². The van der Waals surface area contributed by atoms with Gasteiger partial charge in [-0.25, -0.2) is 0 Å². The molecule has 0 amide bonds. The highest BCUT2D eigenvalue weighted by Gasteiger charge is 1.92. The van der Waals surface area contributed by atoms with E-state index in [4.69, 9.17) is 15.1 Å². The Bertz CT molecular complexity index is 153. The molecule has 0 spiro atoms.